The van der Waals surface area contributed by atoms with Crippen LogP contribution in [-0.2, 0) is 0 Å². The molecular formula is C11H14N4. The van der Waals surface area contributed by atoms with Crippen molar-refractivity contribution in [3.05, 3.63) is 18.1 Å². The van der Waals surface area contributed by atoms with Crippen LogP contribution in [0.25, 0.3) is 0 Å². The van der Waals surface area contributed by atoms with Crippen LogP contribution in [0.1, 0.15) is 25.5 Å². The van der Waals surface area contributed by atoms with Crippen molar-refractivity contribution in [3.63, 3.8) is 0 Å². The second kappa shape index (κ2) is 3.85. The van der Waals surface area contributed by atoms with Crippen LogP contribution in [0.5, 0.6) is 0 Å². The minimum absolute atomic E-state index is 0.410. The summed E-state index contributed by atoms with van der Waals surface area (Å²) in [6.07, 6.45) is 5.76. The van der Waals surface area contributed by atoms with Crippen molar-refractivity contribution < 1.29 is 0 Å². The van der Waals surface area contributed by atoms with E-state index in [0.717, 1.165) is 5.92 Å². The molecule has 1 atom stereocenters. The van der Waals surface area contributed by atoms with Crippen LogP contribution in [0.4, 0.5) is 5.82 Å². The molecule has 1 heterocycles. The lowest BCUT2D eigenvalue weighted by atomic mass is 10.2. The average molecular weight is 202 g/mol. The first-order valence-corrected chi connectivity index (χ1v) is 5.18. The Balaban J connectivity index is 2.24. The Kier molecular flexibility index (Phi) is 2.55. The highest BCUT2D eigenvalue weighted by molar-refractivity contribution is 5.49. The summed E-state index contributed by atoms with van der Waals surface area (Å²) in [7, 11) is 1.98. The van der Waals surface area contributed by atoms with Crippen molar-refractivity contribution in [3.8, 4) is 6.07 Å². The van der Waals surface area contributed by atoms with Gasteiger partial charge in [-0.1, -0.05) is 0 Å². The molecule has 1 aromatic heterocycles. The zero-order valence-corrected chi connectivity index (χ0v) is 9.01. The third-order valence-corrected chi connectivity index (χ3v) is 3.03. The van der Waals surface area contributed by atoms with E-state index in [1.54, 1.807) is 12.4 Å². The molecule has 0 spiro atoms. The van der Waals surface area contributed by atoms with E-state index in [4.69, 9.17) is 5.26 Å². The Bertz CT molecular complexity index is 392. The number of hydrogen-bond donors (Lipinski definition) is 0. The van der Waals surface area contributed by atoms with Crippen molar-refractivity contribution in [2.45, 2.75) is 25.8 Å². The van der Waals surface area contributed by atoms with Gasteiger partial charge in [0.1, 0.15) is 6.07 Å². The van der Waals surface area contributed by atoms with Gasteiger partial charge in [-0.15, -0.1) is 0 Å². The van der Waals surface area contributed by atoms with Crippen LogP contribution in [0.2, 0.25) is 0 Å². The molecule has 1 fully saturated rings. The average Bonchev–Trinajstić information content (AvgIpc) is 3.11. The molecule has 0 bridgehead atoms. The molecule has 0 aliphatic heterocycles. The molecular weight excluding hydrogens is 188 g/mol. The van der Waals surface area contributed by atoms with Gasteiger partial charge in [0.2, 0.25) is 0 Å². The molecule has 1 aliphatic rings. The molecule has 15 heavy (non-hydrogen) atoms. The van der Waals surface area contributed by atoms with E-state index in [1.165, 1.54) is 12.8 Å². The molecule has 0 aromatic carbocycles. The van der Waals surface area contributed by atoms with Gasteiger partial charge in [-0.05, 0) is 25.7 Å². The largest absolute Gasteiger partial charge is 0.354 e. The quantitative estimate of drug-likeness (QED) is 0.746. The molecule has 1 unspecified atom stereocenters. The molecule has 1 aromatic rings. The number of anilines is 1. The smallest absolute Gasteiger partial charge is 0.183 e. The maximum absolute atomic E-state index is 8.92. The highest BCUT2D eigenvalue weighted by Crippen LogP contribution is 2.36. The van der Waals surface area contributed by atoms with Crippen LogP contribution < -0.4 is 4.90 Å². The van der Waals surface area contributed by atoms with Gasteiger partial charge >= 0.3 is 0 Å². The van der Waals surface area contributed by atoms with Gasteiger partial charge < -0.3 is 4.90 Å². The number of hydrogen-bond acceptors (Lipinski definition) is 4. The van der Waals surface area contributed by atoms with E-state index in [1.807, 2.05) is 7.05 Å². The third-order valence-electron chi connectivity index (χ3n) is 3.03. The van der Waals surface area contributed by atoms with Gasteiger partial charge in [-0.2, -0.15) is 5.26 Å². The maximum Gasteiger partial charge on any atom is 0.183 e. The summed E-state index contributed by atoms with van der Waals surface area (Å²) >= 11 is 0. The van der Waals surface area contributed by atoms with Crippen molar-refractivity contribution in [1.82, 2.24) is 9.97 Å². The number of nitriles is 1. The number of nitrogens with zero attached hydrogens (tertiary/aromatic N) is 4. The Labute approximate surface area is 89.6 Å². The molecule has 0 saturated heterocycles. The Morgan fingerprint density at radius 1 is 1.47 bits per heavy atom. The SMILES string of the molecule is CC(C1CC1)N(C)c1nccnc1C#N. The summed E-state index contributed by atoms with van der Waals surface area (Å²) in [4.78, 5) is 10.3. The second-order valence-corrected chi connectivity index (χ2v) is 4.03. The molecule has 1 aliphatic carbocycles. The Morgan fingerprint density at radius 3 is 2.73 bits per heavy atom. The molecule has 4 heteroatoms. The van der Waals surface area contributed by atoms with E-state index in [-0.39, 0.29) is 0 Å². The Morgan fingerprint density at radius 2 is 2.13 bits per heavy atom. The molecule has 2 rings (SSSR count). The lowest BCUT2D eigenvalue weighted by Crippen LogP contribution is -2.32. The van der Waals surface area contributed by atoms with E-state index >= 15 is 0 Å². The van der Waals surface area contributed by atoms with Crippen LogP contribution in [0.3, 0.4) is 0 Å². The monoisotopic (exact) mass is 202 g/mol. The van der Waals surface area contributed by atoms with Crippen LogP contribution >= 0.6 is 0 Å². The summed E-state index contributed by atoms with van der Waals surface area (Å²) < 4.78 is 0. The number of aromatic nitrogens is 2. The molecule has 4 nitrogen and oxygen atoms in total. The van der Waals surface area contributed by atoms with E-state index in [2.05, 4.69) is 27.9 Å². The topological polar surface area (TPSA) is 52.8 Å². The predicted molar refractivity (Wildman–Crippen MR) is 57.3 cm³/mol. The van der Waals surface area contributed by atoms with Crippen molar-refractivity contribution in [2.75, 3.05) is 11.9 Å². The summed E-state index contributed by atoms with van der Waals surface area (Å²) in [5.41, 5.74) is 0.410. The van der Waals surface area contributed by atoms with Crippen molar-refractivity contribution in [2.24, 2.45) is 5.92 Å². The van der Waals surface area contributed by atoms with Gasteiger partial charge in [-0.3, -0.25) is 0 Å². The fourth-order valence-corrected chi connectivity index (χ4v) is 1.76. The zero-order valence-electron chi connectivity index (χ0n) is 9.01. The molecule has 0 radical (unpaired) electrons. The second-order valence-electron chi connectivity index (χ2n) is 4.03. The molecule has 1 saturated carbocycles. The fraction of sp³-hybridized carbons (Fsp3) is 0.545. The van der Waals surface area contributed by atoms with Gasteiger partial charge in [0.15, 0.2) is 11.5 Å². The summed E-state index contributed by atoms with van der Waals surface area (Å²) in [5.74, 6) is 1.45. The zero-order chi connectivity index (χ0) is 10.8. The third kappa shape index (κ3) is 1.91. The first-order chi connectivity index (χ1) is 7.24. The van der Waals surface area contributed by atoms with Crippen molar-refractivity contribution in [1.29, 1.82) is 5.26 Å². The van der Waals surface area contributed by atoms with E-state index in [9.17, 15) is 0 Å². The minimum atomic E-state index is 0.410. The number of rotatable bonds is 3. The summed E-state index contributed by atoms with van der Waals surface area (Å²) in [6.45, 7) is 2.17. The van der Waals surface area contributed by atoms with Gasteiger partial charge in [0, 0.05) is 25.5 Å². The van der Waals surface area contributed by atoms with Crippen molar-refractivity contribution >= 4 is 5.82 Å². The minimum Gasteiger partial charge on any atom is -0.354 e. The standard InChI is InChI=1S/C11H14N4/c1-8(9-3-4-9)15(2)11-10(7-12)13-5-6-14-11/h5-6,8-9H,3-4H2,1-2H3. The van der Waals surface area contributed by atoms with Gasteiger partial charge in [0.05, 0.1) is 0 Å². The van der Waals surface area contributed by atoms with Gasteiger partial charge in [0.25, 0.3) is 0 Å². The molecule has 0 amide bonds. The van der Waals surface area contributed by atoms with Crippen LogP contribution in [0.15, 0.2) is 12.4 Å². The van der Waals surface area contributed by atoms with E-state index in [0.29, 0.717) is 17.6 Å². The molecule has 0 N–H and O–H groups in total. The fourth-order valence-electron chi connectivity index (χ4n) is 1.76. The van der Waals surface area contributed by atoms with Gasteiger partial charge in [-0.25, -0.2) is 9.97 Å². The lowest BCUT2D eigenvalue weighted by Gasteiger charge is -2.25. The lowest BCUT2D eigenvalue weighted by molar-refractivity contribution is 0.602. The first kappa shape index (κ1) is 9.91. The van der Waals surface area contributed by atoms with Crippen LogP contribution in [-0.4, -0.2) is 23.1 Å². The predicted octanol–water partition coefficient (Wildman–Crippen LogP) is 1.58. The maximum atomic E-state index is 8.92. The first-order valence-electron chi connectivity index (χ1n) is 5.18. The highest BCUT2D eigenvalue weighted by atomic mass is 15.2. The normalized spacial score (nSPS) is 16.9. The van der Waals surface area contributed by atoms with Crippen LogP contribution in [0, 0.1) is 17.2 Å². The summed E-state index contributed by atoms with van der Waals surface area (Å²) in [6, 6.07) is 2.51. The Hall–Kier alpha value is -1.63. The van der Waals surface area contributed by atoms with E-state index < -0.39 is 0 Å². The molecule has 78 valence electrons. The highest BCUT2D eigenvalue weighted by Gasteiger charge is 2.31. The summed E-state index contributed by atoms with van der Waals surface area (Å²) in [5, 5.41) is 8.92.